The van der Waals surface area contributed by atoms with E-state index in [0.29, 0.717) is 43.3 Å². The van der Waals surface area contributed by atoms with Gasteiger partial charge in [-0.3, -0.25) is 9.59 Å². The van der Waals surface area contributed by atoms with Crippen molar-refractivity contribution in [1.29, 1.82) is 0 Å². The third-order valence-corrected chi connectivity index (χ3v) is 4.36. The quantitative estimate of drug-likeness (QED) is 0.711. The van der Waals surface area contributed by atoms with Gasteiger partial charge in [0.2, 0.25) is 0 Å². The van der Waals surface area contributed by atoms with E-state index in [4.69, 9.17) is 21.1 Å². The van der Waals surface area contributed by atoms with Crippen LogP contribution in [0.25, 0.3) is 0 Å². The number of halogens is 1. The Labute approximate surface area is 163 Å². The largest absolute Gasteiger partial charge is 0.454 e. The predicted molar refractivity (Wildman–Crippen MR) is 101 cm³/mol. The molecule has 2 amide bonds. The van der Waals surface area contributed by atoms with Gasteiger partial charge < -0.3 is 19.7 Å². The third-order valence-electron chi connectivity index (χ3n) is 4.11. The fourth-order valence-corrected chi connectivity index (χ4v) is 2.79. The van der Waals surface area contributed by atoms with Crippen molar-refractivity contribution in [2.45, 2.75) is 26.3 Å². The summed E-state index contributed by atoms with van der Waals surface area (Å²) >= 11 is 5.83. The maximum atomic E-state index is 12.4. The summed E-state index contributed by atoms with van der Waals surface area (Å²) in [6.07, 6.45) is 0.407. The molecule has 0 spiro atoms. The molecule has 1 fully saturated rings. The first kappa shape index (κ1) is 21.2. The summed E-state index contributed by atoms with van der Waals surface area (Å²) in [5.41, 5.74) is 0.394. The van der Waals surface area contributed by atoms with E-state index < -0.39 is 17.9 Å². The number of nitrogens with one attached hydrogen (secondary N) is 1. The van der Waals surface area contributed by atoms with Crippen LogP contribution in [0.4, 0.5) is 0 Å². The lowest BCUT2D eigenvalue weighted by Gasteiger charge is -2.27. The van der Waals surface area contributed by atoms with Crippen molar-refractivity contribution in [2.24, 2.45) is 5.92 Å². The van der Waals surface area contributed by atoms with Crippen molar-refractivity contribution in [1.82, 2.24) is 10.2 Å². The highest BCUT2D eigenvalue weighted by molar-refractivity contribution is 6.30. The number of carbonyl (C=O) groups is 3. The van der Waals surface area contributed by atoms with Crippen LogP contribution in [0.15, 0.2) is 24.3 Å². The lowest BCUT2D eigenvalue weighted by Crippen LogP contribution is -2.45. The molecule has 0 aliphatic carbocycles. The maximum Gasteiger partial charge on any atom is 0.329 e. The lowest BCUT2D eigenvalue weighted by molar-refractivity contribution is -0.155. The molecular weight excluding hydrogens is 372 g/mol. The smallest absolute Gasteiger partial charge is 0.329 e. The van der Waals surface area contributed by atoms with Crippen LogP contribution in [-0.4, -0.2) is 61.6 Å². The van der Waals surface area contributed by atoms with Crippen molar-refractivity contribution < 1.29 is 23.9 Å². The Bertz CT molecular complexity index is 657. The second-order valence-electron chi connectivity index (χ2n) is 6.76. The summed E-state index contributed by atoms with van der Waals surface area (Å²) < 4.78 is 10.4. The number of rotatable bonds is 7. The zero-order valence-corrected chi connectivity index (χ0v) is 16.3. The van der Waals surface area contributed by atoms with Gasteiger partial charge in [0.05, 0.1) is 13.2 Å². The van der Waals surface area contributed by atoms with Crippen LogP contribution >= 0.6 is 11.6 Å². The van der Waals surface area contributed by atoms with E-state index in [2.05, 4.69) is 5.32 Å². The summed E-state index contributed by atoms with van der Waals surface area (Å²) in [7, 11) is 0. The molecule has 8 heteroatoms. The molecule has 0 unspecified atom stereocenters. The van der Waals surface area contributed by atoms with E-state index in [9.17, 15) is 14.4 Å². The van der Waals surface area contributed by atoms with E-state index in [1.54, 1.807) is 29.2 Å². The summed E-state index contributed by atoms with van der Waals surface area (Å²) in [5, 5.41) is 3.21. The molecule has 1 aliphatic rings. The van der Waals surface area contributed by atoms with Crippen LogP contribution in [0.5, 0.6) is 0 Å². The molecule has 1 aromatic rings. The summed E-state index contributed by atoms with van der Waals surface area (Å²) in [6, 6.07) is 5.54. The highest BCUT2D eigenvalue weighted by Crippen LogP contribution is 2.12. The first-order chi connectivity index (χ1) is 12.9. The van der Waals surface area contributed by atoms with Crippen molar-refractivity contribution in [3.05, 3.63) is 34.9 Å². The number of nitrogens with zero attached hydrogens (tertiary/aromatic N) is 1. The minimum absolute atomic E-state index is 0.156. The van der Waals surface area contributed by atoms with Crippen LogP contribution in [0.1, 0.15) is 30.6 Å². The van der Waals surface area contributed by atoms with Gasteiger partial charge in [-0.1, -0.05) is 25.4 Å². The third kappa shape index (κ3) is 6.84. The van der Waals surface area contributed by atoms with Crippen molar-refractivity contribution in [3.63, 3.8) is 0 Å². The Hall–Kier alpha value is -2.12. The molecule has 1 N–H and O–H groups in total. The van der Waals surface area contributed by atoms with Crippen LogP contribution in [0, 0.1) is 5.92 Å². The molecule has 1 aliphatic heterocycles. The summed E-state index contributed by atoms with van der Waals surface area (Å²) in [5.74, 6) is -1.12. The molecule has 2 rings (SSSR count). The number of hydrogen-bond acceptors (Lipinski definition) is 5. The molecule has 0 saturated carbocycles. The fraction of sp³-hybridized carbons (Fsp3) is 0.526. The monoisotopic (exact) mass is 396 g/mol. The molecule has 0 aromatic heterocycles. The van der Waals surface area contributed by atoms with Crippen molar-refractivity contribution in [2.75, 3.05) is 32.9 Å². The SMILES string of the molecule is CC(C)C[C@@H](NC(=O)c1ccc(Cl)cc1)C(=O)OCC(=O)N1CCOCC1. The number of carbonyl (C=O) groups excluding carboxylic acids is 3. The zero-order chi connectivity index (χ0) is 19.8. The number of benzene rings is 1. The maximum absolute atomic E-state index is 12.4. The fourth-order valence-electron chi connectivity index (χ4n) is 2.67. The molecule has 7 nitrogen and oxygen atoms in total. The Balaban J connectivity index is 1.93. The van der Waals surface area contributed by atoms with Gasteiger partial charge in [0.15, 0.2) is 6.61 Å². The van der Waals surface area contributed by atoms with E-state index >= 15 is 0 Å². The van der Waals surface area contributed by atoms with Crippen molar-refractivity contribution in [3.8, 4) is 0 Å². The summed E-state index contributed by atoms with van der Waals surface area (Å²) in [4.78, 5) is 38.5. The molecule has 1 aromatic carbocycles. The number of hydrogen-bond donors (Lipinski definition) is 1. The Morgan fingerprint density at radius 3 is 2.41 bits per heavy atom. The molecule has 1 atom stereocenters. The molecular formula is C19H25ClN2O5. The molecule has 148 valence electrons. The van der Waals surface area contributed by atoms with E-state index in [1.165, 1.54) is 0 Å². The Morgan fingerprint density at radius 1 is 1.19 bits per heavy atom. The number of ether oxygens (including phenoxy) is 2. The summed E-state index contributed by atoms with van der Waals surface area (Å²) in [6.45, 7) is 5.46. The lowest BCUT2D eigenvalue weighted by atomic mass is 10.0. The van der Waals surface area contributed by atoms with Gasteiger partial charge in [0.25, 0.3) is 11.8 Å². The van der Waals surface area contributed by atoms with Gasteiger partial charge in [0.1, 0.15) is 6.04 Å². The molecule has 0 radical (unpaired) electrons. The molecule has 1 saturated heterocycles. The molecule has 0 bridgehead atoms. The molecule has 1 heterocycles. The van der Waals surface area contributed by atoms with Gasteiger partial charge >= 0.3 is 5.97 Å². The van der Waals surface area contributed by atoms with Gasteiger partial charge in [0, 0.05) is 23.7 Å². The Morgan fingerprint density at radius 2 is 1.81 bits per heavy atom. The second kappa shape index (κ2) is 10.3. The standard InChI is InChI=1S/C19H25ClN2O5/c1-13(2)11-16(21-18(24)14-3-5-15(20)6-4-14)19(25)27-12-17(23)22-7-9-26-10-8-22/h3-6,13,16H,7-12H2,1-2H3,(H,21,24)/t16-/m1/s1. The van der Waals surface area contributed by atoms with Gasteiger partial charge in [-0.05, 0) is 36.6 Å². The number of esters is 1. The average molecular weight is 397 g/mol. The first-order valence-corrected chi connectivity index (χ1v) is 9.33. The number of morpholine rings is 1. The highest BCUT2D eigenvalue weighted by Gasteiger charge is 2.26. The van der Waals surface area contributed by atoms with Crippen LogP contribution < -0.4 is 5.32 Å². The van der Waals surface area contributed by atoms with Gasteiger partial charge in [-0.15, -0.1) is 0 Å². The normalized spacial score (nSPS) is 15.3. The van der Waals surface area contributed by atoms with Crippen LogP contribution in [0.2, 0.25) is 5.02 Å². The van der Waals surface area contributed by atoms with E-state index in [1.807, 2.05) is 13.8 Å². The average Bonchev–Trinajstić information content (AvgIpc) is 2.66. The van der Waals surface area contributed by atoms with E-state index in [-0.39, 0.29) is 18.4 Å². The van der Waals surface area contributed by atoms with Crippen molar-refractivity contribution >= 4 is 29.4 Å². The van der Waals surface area contributed by atoms with Gasteiger partial charge in [-0.25, -0.2) is 4.79 Å². The van der Waals surface area contributed by atoms with Crippen LogP contribution in [-0.2, 0) is 19.1 Å². The topological polar surface area (TPSA) is 84.9 Å². The Kier molecular flexibility index (Phi) is 8.06. The predicted octanol–water partition coefficient (Wildman–Crippen LogP) is 1.89. The van der Waals surface area contributed by atoms with Crippen LogP contribution in [0.3, 0.4) is 0 Å². The number of amides is 2. The first-order valence-electron chi connectivity index (χ1n) is 8.95. The van der Waals surface area contributed by atoms with Gasteiger partial charge in [-0.2, -0.15) is 0 Å². The minimum Gasteiger partial charge on any atom is -0.454 e. The zero-order valence-electron chi connectivity index (χ0n) is 15.6. The van der Waals surface area contributed by atoms with E-state index in [0.717, 1.165) is 0 Å². The molecule has 27 heavy (non-hydrogen) atoms. The second-order valence-corrected chi connectivity index (χ2v) is 7.20. The minimum atomic E-state index is -0.828. The highest BCUT2D eigenvalue weighted by atomic mass is 35.5.